The molecule has 0 aliphatic heterocycles. The molecule has 7 heteroatoms. The van der Waals surface area contributed by atoms with E-state index in [1.54, 1.807) is 25.5 Å². The highest BCUT2D eigenvalue weighted by Crippen LogP contribution is 2.23. The zero-order valence-electron chi connectivity index (χ0n) is 14.6. The number of benzene rings is 1. The number of halogens is 1. The van der Waals surface area contributed by atoms with Gasteiger partial charge in [-0.3, -0.25) is 14.6 Å². The Balaban J connectivity index is 1.72. The van der Waals surface area contributed by atoms with Gasteiger partial charge in [0.2, 0.25) is 5.91 Å². The number of thiophene rings is 1. The molecule has 0 aliphatic carbocycles. The molecule has 1 aromatic carbocycles. The van der Waals surface area contributed by atoms with Crippen LogP contribution in [0.3, 0.4) is 0 Å². The minimum atomic E-state index is -0.305. The number of carbonyl (C=O) groups is 2. The predicted molar refractivity (Wildman–Crippen MR) is 110 cm³/mol. The van der Waals surface area contributed by atoms with Crippen molar-refractivity contribution < 1.29 is 9.59 Å². The van der Waals surface area contributed by atoms with E-state index in [2.05, 4.69) is 26.2 Å². The van der Waals surface area contributed by atoms with E-state index in [9.17, 15) is 9.59 Å². The largest absolute Gasteiger partial charge is 0.344 e. The number of pyridine rings is 1. The van der Waals surface area contributed by atoms with E-state index in [-0.39, 0.29) is 24.4 Å². The molecular weight excluding hydrogens is 426 g/mol. The van der Waals surface area contributed by atoms with Gasteiger partial charge in [-0.05, 0) is 51.3 Å². The molecule has 1 atom stereocenters. The first-order valence-electron chi connectivity index (χ1n) is 8.29. The van der Waals surface area contributed by atoms with Crippen LogP contribution in [0.5, 0.6) is 0 Å². The van der Waals surface area contributed by atoms with Gasteiger partial charge in [-0.25, -0.2) is 0 Å². The van der Waals surface area contributed by atoms with Gasteiger partial charge in [0.15, 0.2) is 0 Å². The number of likely N-dealkylation sites (N-methyl/N-ethyl adjacent to an activating group) is 1. The zero-order valence-corrected chi connectivity index (χ0v) is 17.0. The Morgan fingerprint density at radius 3 is 2.37 bits per heavy atom. The summed E-state index contributed by atoms with van der Waals surface area (Å²) in [6.07, 6.45) is 3.39. The molecule has 27 heavy (non-hydrogen) atoms. The Bertz CT molecular complexity index is 876. The van der Waals surface area contributed by atoms with Crippen molar-refractivity contribution >= 4 is 39.1 Å². The van der Waals surface area contributed by atoms with Gasteiger partial charge in [0.1, 0.15) is 0 Å². The normalized spacial score (nSPS) is 11.6. The molecule has 2 amide bonds. The molecule has 0 bridgehead atoms. The topological polar surface area (TPSA) is 62.3 Å². The molecule has 0 radical (unpaired) electrons. The van der Waals surface area contributed by atoms with Crippen molar-refractivity contribution in [2.24, 2.45) is 0 Å². The summed E-state index contributed by atoms with van der Waals surface area (Å²) in [7, 11) is 1.62. The molecule has 3 rings (SSSR count). The second-order valence-electron chi connectivity index (χ2n) is 5.96. The van der Waals surface area contributed by atoms with Crippen LogP contribution >= 0.6 is 27.3 Å². The molecular formula is C20H18BrN3O2S. The lowest BCUT2D eigenvalue weighted by molar-refractivity contribution is -0.122. The number of hydrogen-bond acceptors (Lipinski definition) is 4. The average Bonchev–Trinajstić information content (AvgIpc) is 3.13. The summed E-state index contributed by atoms with van der Waals surface area (Å²) >= 11 is 4.69. The second kappa shape index (κ2) is 8.92. The summed E-state index contributed by atoms with van der Waals surface area (Å²) in [5.74, 6) is -0.409. The van der Waals surface area contributed by atoms with Crippen molar-refractivity contribution in [2.45, 2.75) is 6.04 Å². The fraction of sp³-hybridized carbons (Fsp3) is 0.150. The highest BCUT2D eigenvalue weighted by molar-refractivity contribution is 9.11. The second-order valence-corrected chi connectivity index (χ2v) is 8.42. The maximum Gasteiger partial charge on any atom is 0.264 e. The molecule has 0 aliphatic rings. The first-order valence-corrected chi connectivity index (χ1v) is 9.90. The van der Waals surface area contributed by atoms with Gasteiger partial charge < -0.3 is 10.2 Å². The third-order valence-corrected chi connectivity index (χ3v) is 5.60. The van der Waals surface area contributed by atoms with Crippen molar-refractivity contribution in [3.05, 3.63) is 86.8 Å². The summed E-state index contributed by atoms with van der Waals surface area (Å²) in [5.41, 5.74) is 1.90. The van der Waals surface area contributed by atoms with E-state index in [0.717, 1.165) is 14.9 Å². The lowest BCUT2D eigenvalue weighted by atomic mass is 9.99. The van der Waals surface area contributed by atoms with Crippen LogP contribution in [0.4, 0.5) is 0 Å². The molecule has 2 aromatic heterocycles. The molecule has 0 spiro atoms. The van der Waals surface area contributed by atoms with Gasteiger partial charge in [0.05, 0.1) is 21.3 Å². The summed E-state index contributed by atoms with van der Waals surface area (Å²) in [4.78, 5) is 31.1. The molecule has 3 aromatic rings. The summed E-state index contributed by atoms with van der Waals surface area (Å²) in [5, 5.41) is 3.03. The molecule has 0 saturated heterocycles. The maximum atomic E-state index is 12.6. The Morgan fingerprint density at radius 2 is 1.74 bits per heavy atom. The number of nitrogens with one attached hydrogen (secondary N) is 1. The van der Waals surface area contributed by atoms with Crippen LogP contribution in [0.25, 0.3) is 0 Å². The van der Waals surface area contributed by atoms with E-state index in [0.29, 0.717) is 4.88 Å². The van der Waals surface area contributed by atoms with Gasteiger partial charge in [-0.15, -0.1) is 11.3 Å². The van der Waals surface area contributed by atoms with Crippen LogP contribution < -0.4 is 5.32 Å². The van der Waals surface area contributed by atoms with Gasteiger partial charge >= 0.3 is 0 Å². The standard InChI is InChI=1S/C20H18BrN3O2S/c1-24(20(26)16-7-8-17(21)27-16)13-18(25)23-19(14-5-3-2-4-6-14)15-9-11-22-12-10-15/h2-12,19H,13H2,1H3,(H,23,25). The van der Waals surface area contributed by atoms with Gasteiger partial charge in [-0.1, -0.05) is 30.3 Å². The first kappa shape index (κ1) is 19.3. The average molecular weight is 444 g/mol. The molecule has 1 N–H and O–H groups in total. The number of carbonyl (C=O) groups excluding carboxylic acids is 2. The maximum absolute atomic E-state index is 12.6. The number of nitrogens with zero attached hydrogens (tertiary/aromatic N) is 2. The van der Waals surface area contributed by atoms with Crippen molar-refractivity contribution in [2.75, 3.05) is 13.6 Å². The Kier molecular flexibility index (Phi) is 6.36. The van der Waals surface area contributed by atoms with E-state index in [4.69, 9.17) is 0 Å². The molecule has 1 unspecified atom stereocenters. The summed E-state index contributed by atoms with van der Waals surface area (Å²) in [6, 6.07) is 16.7. The van der Waals surface area contributed by atoms with Crippen molar-refractivity contribution in [1.29, 1.82) is 0 Å². The van der Waals surface area contributed by atoms with E-state index in [1.807, 2.05) is 48.5 Å². The number of rotatable bonds is 6. The summed E-state index contributed by atoms with van der Waals surface area (Å²) < 4.78 is 0.880. The number of hydrogen-bond donors (Lipinski definition) is 1. The van der Waals surface area contributed by atoms with Crippen LogP contribution in [-0.2, 0) is 4.79 Å². The van der Waals surface area contributed by atoms with Gasteiger partial charge in [0, 0.05) is 19.4 Å². The Morgan fingerprint density at radius 1 is 1.07 bits per heavy atom. The van der Waals surface area contributed by atoms with Crippen LogP contribution in [-0.4, -0.2) is 35.3 Å². The molecule has 138 valence electrons. The van der Waals surface area contributed by atoms with E-state index < -0.39 is 0 Å². The lowest BCUT2D eigenvalue weighted by Gasteiger charge is -2.22. The minimum absolute atomic E-state index is 0.0250. The van der Waals surface area contributed by atoms with Crippen LogP contribution in [0, 0.1) is 0 Å². The first-order chi connectivity index (χ1) is 13.0. The van der Waals surface area contributed by atoms with Crippen LogP contribution in [0.15, 0.2) is 70.8 Å². The SMILES string of the molecule is CN(CC(=O)NC(c1ccccc1)c1ccncc1)C(=O)c1ccc(Br)s1. The van der Waals surface area contributed by atoms with Gasteiger partial charge in [0.25, 0.3) is 5.91 Å². The van der Waals surface area contributed by atoms with E-state index in [1.165, 1.54) is 16.2 Å². The highest BCUT2D eigenvalue weighted by Gasteiger charge is 2.20. The van der Waals surface area contributed by atoms with Crippen LogP contribution in [0.1, 0.15) is 26.8 Å². The quantitative estimate of drug-likeness (QED) is 0.628. The van der Waals surface area contributed by atoms with Crippen molar-refractivity contribution in [3.8, 4) is 0 Å². The Hall–Kier alpha value is -2.51. The molecule has 5 nitrogen and oxygen atoms in total. The predicted octanol–water partition coefficient (Wildman–Crippen LogP) is 3.88. The van der Waals surface area contributed by atoms with Crippen LogP contribution in [0.2, 0.25) is 0 Å². The van der Waals surface area contributed by atoms with E-state index >= 15 is 0 Å². The number of aromatic nitrogens is 1. The Labute approximate surface area is 170 Å². The molecule has 2 heterocycles. The molecule has 0 fully saturated rings. The summed E-state index contributed by atoms with van der Waals surface area (Å²) in [6.45, 7) is -0.0250. The highest BCUT2D eigenvalue weighted by atomic mass is 79.9. The minimum Gasteiger partial charge on any atom is -0.344 e. The lowest BCUT2D eigenvalue weighted by Crippen LogP contribution is -2.40. The van der Waals surface area contributed by atoms with Crippen molar-refractivity contribution in [3.63, 3.8) is 0 Å². The molecule has 0 saturated carbocycles. The fourth-order valence-electron chi connectivity index (χ4n) is 2.67. The third kappa shape index (κ3) is 5.02. The van der Waals surface area contributed by atoms with Crippen molar-refractivity contribution in [1.82, 2.24) is 15.2 Å². The smallest absolute Gasteiger partial charge is 0.264 e. The number of amides is 2. The zero-order chi connectivity index (χ0) is 19.2. The third-order valence-electron chi connectivity index (χ3n) is 3.99. The fourth-order valence-corrected chi connectivity index (χ4v) is 4.05. The monoisotopic (exact) mass is 443 g/mol. The van der Waals surface area contributed by atoms with Gasteiger partial charge in [-0.2, -0.15) is 0 Å².